The molecule has 0 saturated heterocycles. The summed E-state index contributed by atoms with van der Waals surface area (Å²) in [6.45, 7) is 0. The maximum atomic E-state index is 12.5. The highest BCUT2D eigenvalue weighted by atomic mass is 16.4. The molecule has 1 amide bonds. The van der Waals surface area contributed by atoms with Gasteiger partial charge in [-0.15, -0.1) is 0 Å². The lowest BCUT2D eigenvalue weighted by Crippen LogP contribution is -2.42. The fraction of sp³-hybridized carbons (Fsp3) is 0.250. The van der Waals surface area contributed by atoms with Gasteiger partial charge in [-0.1, -0.05) is 12.1 Å². The number of amides is 1. The molecule has 2 aromatic rings. The van der Waals surface area contributed by atoms with Crippen LogP contribution in [0.5, 0.6) is 5.75 Å². The van der Waals surface area contributed by atoms with E-state index in [1.54, 1.807) is 0 Å². The van der Waals surface area contributed by atoms with E-state index in [9.17, 15) is 33.9 Å². The Hall–Kier alpha value is -5.14. The van der Waals surface area contributed by atoms with Gasteiger partial charge in [-0.2, -0.15) is 10.2 Å². The van der Waals surface area contributed by atoms with Crippen molar-refractivity contribution in [3.8, 4) is 5.75 Å². The molecule has 14 nitrogen and oxygen atoms in total. The maximum absolute atomic E-state index is 12.5. The summed E-state index contributed by atoms with van der Waals surface area (Å²) in [6.07, 6.45) is -2.40. The van der Waals surface area contributed by atoms with Gasteiger partial charge in [-0.25, -0.2) is 4.79 Å². The van der Waals surface area contributed by atoms with Crippen molar-refractivity contribution in [1.29, 1.82) is 0 Å². The van der Waals surface area contributed by atoms with Gasteiger partial charge in [0.15, 0.2) is 5.78 Å². The quantitative estimate of drug-likeness (QED) is 0.153. The summed E-state index contributed by atoms with van der Waals surface area (Å²) in [5.41, 5.74) is 0.699. The van der Waals surface area contributed by atoms with Gasteiger partial charge in [0.2, 0.25) is 5.91 Å². The molecule has 14 heteroatoms. The highest BCUT2D eigenvalue weighted by molar-refractivity contribution is 6.01. The zero-order valence-electron chi connectivity index (χ0n) is 19.6. The van der Waals surface area contributed by atoms with E-state index >= 15 is 0 Å². The number of phenolic OH excluding ortho intramolecular Hbond substituents is 1. The molecule has 0 heterocycles. The third kappa shape index (κ3) is 9.14. The highest BCUT2D eigenvalue weighted by Gasteiger charge is 2.26. The van der Waals surface area contributed by atoms with Gasteiger partial charge < -0.3 is 30.8 Å². The van der Waals surface area contributed by atoms with Crippen molar-refractivity contribution in [2.45, 2.75) is 31.7 Å². The molecule has 0 fully saturated rings. The lowest BCUT2D eigenvalue weighted by Gasteiger charge is -2.12. The van der Waals surface area contributed by atoms with Gasteiger partial charge in [0.05, 0.1) is 42.1 Å². The van der Waals surface area contributed by atoms with Crippen molar-refractivity contribution in [2.75, 3.05) is 0 Å². The number of hydrogen-bond donors (Lipinski definition) is 6. The van der Waals surface area contributed by atoms with E-state index in [0.717, 1.165) is 6.07 Å². The maximum Gasteiger partial charge on any atom is 0.326 e. The summed E-state index contributed by atoms with van der Waals surface area (Å²) in [6, 6.07) is 8.13. The van der Waals surface area contributed by atoms with Crippen LogP contribution in [0, 0.1) is 5.92 Å². The minimum atomic E-state index is -1.57. The second-order valence-electron chi connectivity index (χ2n) is 8.06. The van der Waals surface area contributed by atoms with E-state index in [1.807, 2.05) is 0 Å². The van der Waals surface area contributed by atoms with E-state index in [1.165, 1.54) is 36.4 Å². The Morgan fingerprint density at radius 3 is 1.87 bits per heavy atom. The van der Waals surface area contributed by atoms with Crippen LogP contribution in [0.2, 0.25) is 0 Å². The minimum Gasteiger partial charge on any atom is -0.507 e. The lowest BCUT2D eigenvalue weighted by molar-refractivity contribution is -0.148. The van der Waals surface area contributed by atoms with Gasteiger partial charge in [0, 0.05) is 6.42 Å². The molecule has 6 N–H and O–H groups in total. The Balaban J connectivity index is 2.07. The summed E-state index contributed by atoms with van der Waals surface area (Å²) in [5, 5.41) is 55.8. The second-order valence-corrected chi connectivity index (χ2v) is 8.06. The molecule has 200 valence electrons. The van der Waals surface area contributed by atoms with E-state index in [0.29, 0.717) is 11.3 Å². The molecular formula is C24H23N3O11. The van der Waals surface area contributed by atoms with Crippen LogP contribution >= 0.6 is 0 Å². The van der Waals surface area contributed by atoms with Gasteiger partial charge in [0.1, 0.15) is 11.8 Å². The number of carbonyl (C=O) groups excluding carboxylic acids is 2. The van der Waals surface area contributed by atoms with Crippen molar-refractivity contribution >= 4 is 46.9 Å². The average molecular weight is 529 g/mol. The Labute approximate surface area is 214 Å². The van der Waals surface area contributed by atoms with Crippen molar-refractivity contribution in [3.63, 3.8) is 0 Å². The molecule has 0 radical (unpaired) electrons. The number of carboxylic acids is 4. The number of ketones is 1. The van der Waals surface area contributed by atoms with Crippen molar-refractivity contribution < 1.29 is 54.3 Å². The summed E-state index contributed by atoms with van der Waals surface area (Å²) < 4.78 is 0. The van der Waals surface area contributed by atoms with Crippen LogP contribution < -0.4 is 5.32 Å². The first-order valence-electron chi connectivity index (χ1n) is 10.9. The minimum absolute atomic E-state index is 0.137. The molecule has 0 aliphatic carbocycles. The first-order chi connectivity index (χ1) is 17.8. The number of Topliss-reactive ketones (excluding diaryl/α,β-unsaturated/α-hetero) is 1. The topological polar surface area (TPSA) is 240 Å². The molecule has 2 unspecified atom stereocenters. The molecule has 2 atom stereocenters. The van der Waals surface area contributed by atoms with Crippen molar-refractivity contribution in [3.05, 3.63) is 53.6 Å². The van der Waals surface area contributed by atoms with Crippen molar-refractivity contribution in [2.24, 2.45) is 16.1 Å². The highest BCUT2D eigenvalue weighted by Crippen LogP contribution is 2.28. The fourth-order valence-corrected chi connectivity index (χ4v) is 3.20. The number of carbonyl (C=O) groups is 6. The summed E-state index contributed by atoms with van der Waals surface area (Å²) in [4.78, 5) is 68.4. The third-order valence-electron chi connectivity index (χ3n) is 5.08. The van der Waals surface area contributed by atoms with E-state index in [4.69, 9.17) is 20.4 Å². The smallest absolute Gasteiger partial charge is 0.326 e. The van der Waals surface area contributed by atoms with Gasteiger partial charge in [-0.05, 0) is 35.9 Å². The Kier molecular flexibility index (Phi) is 10.1. The van der Waals surface area contributed by atoms with E-state index in [-0.39, 0.29) is 17.7 Å². The SMILES string of the molecule is O=C(O)CC(CC(=O)c1cc(N=Nc2ccc(CC(=O)NC(CC(=O)O)C(=O)O)cc2)ccc1O)C(=O)O. The fourth-order valence-electron chi connectivity index (χ4n) is 3.20. The summed E-state index contributed by atoms with van der Waals surface area (Å²) in [7, 11) is 0. The molecule has 0 aliphatic heterocycles. The third-order valence-corrected chi connectivity index (χ3v) is 5.08. The number of carboxylic acid groups (broad SMARTS) is 4. The average Bonchev–Trinajstić information content (AvgIpc) is 2.82. The Morgan fingerprint density at radius 1 is 0.737 bits per heavy atom. The van der Waals surface area contributed by atoms with Crippen LogP contribution in [0.15, 0.2) is 52.7 Å². The zero-order chi connectivity index (χ0) is 28.4. The number of rotatable bonds is 14. The monoisotopic (exact) mass is 529 g/mol. The molecule has 0 bridgehead atoms. The largest absolute Gasteiger partial charge is 0.507 e. The van der Waals surface area contributed by atoms with Crippen molar-refractivity contribution in [1.82, 2.24) is 5.32 Å². The number of aromatic hydroxyl groups is 1. The number of nitrogens with zero attached hydrogens (tertiary/aromatic N) is 2. The van der Waals surface area contributed by atoms with Crippen LogP contribution in [-0.4, -0.2) is 67.1 Å². The van der Waals surface area contributed by atoms with Crippen LogP contribution in [0.3, 0.4) is 0 Å². The second kappa shape index (κ2) is 13.2. The molecular weight excluding hydrogens is 506 g/mol. The van der Waals surface area contributed by atoms with Crippen LogP contribution in [0.4, 0.5) is 11.4 Å². The Bertz CT molecular complexity index is 1270. The predicted octanol–water partition coefficient (Wildman–Crippen LogP) is 2.14. The summed E-state index contributed by atoms with van der Waals surface area (Å²) >= 11 is 0. The van der Waals surface area contributed by atoms with Gasteiger partial charge in [-0.3, -0.25) is 24.0 Å². The van der Waals surface area contributed by atoms with Crippen LogP contribution in [0.1, 0.15) is 35.2 Å². The lowest BCUT2D eigenvalue weighted by atomic mass is 9.95. The number of hydrogen-bond acceptors (Lipinski definition) is 9. The number of nitrogens with one attached hydrogen (secondary N) is 1. The number of benzene rings is 2. The van der Waals surface area contributed by atoms with E-state index < -0.39 is 72.5 Å². The first-order valence-corrected chi connectivity index (χ1v) is 10.9. The Morgan fingerprint density at radius 2 is 1.32 bits per heavy atom. The molecule has 2 aromatic carbocycles. The van der Waals surface area contributed by atoms with Crippen LogP contribution in [-0.2, 0) is 30.4 Å². The van der Waals surface area contributed by atoms with Gasteiger partial charge in [0.25, 0.3) is 0 Å². The van der Waals surface area contributed by atoms with Gasteiger partial charge >= 0.3 is 23.9 Å². The number of aliphatic carboxylic acids is 4. The number of azo groups is 1. The molecule has 0 aromatic heterocycles. The molecule has 0 spiro atoms. The molecule has 38 heavy (non-hydrogen) atoms. The first kappa shape index (κ1) is 29.1. The zero-order valence-corrected chi connectivity index (χ0v) is 19.6. The number of phenols is 1. The predicted molar refractivity (Wildman–Crippen MR) is 127 cm³/mol. The molecule has 0 aliphatic rings. The molecule has 0 saturated carbocycles. The molecule has 2 rings (SSSR count). The normalized spacial score (nSPS) is 12.4. The van der Waals surface area contributed by atoms with E-state index in [2.05, 4.69) is 15.5 Å². The van der Waals surface area contributed by atoms with Crippen LogP contribution in [0.25, 0.3) is 0 Å². The summed E-state index contributed by atoms with van der Waals surface area (Å²) in [5.74, 6) is -9.09. The standard InChI is InChI=1S/C24H23N3O11/c28-18-6-5-15(10-16(18)19(29)8-13(23(35)36)9-21(31)32)27-26-14-3-1-12(2-4-14)7-20(30)25-17(24(37)38)11-22(33)34/h1-6,10,13,17,28H,7-9,11H2,(H,25,30)(H,31,32)(H,33,34)(H,35,36)(H,37,38).